The molecule has 0 unspecified atom stereocenters. The van der Waals surface area contributed by atoms with Crippen LogP contribution < -0.4 is 5.73 Å². The van der Waals surface area contributed by atoms with Gasteiger partial charge in [-0.2, -0.15) is 5.10 Å². The molecule has 14 heavy (non-hydrogen) atoms. The molecule has 1 aliphatic rings. The first-order valence-corrected chi connectivity index (χ1v) is 5.42. The number of hydrogen-bond donors (Lipinski definition) is 1. The zero-order valence-corrected chi connectivity index (χ0v) is 9.30. The van der Waals surface area contributed by atoms with Crippen molar-refractivity contribution >= 4 is 0 Å². The van der Waals surface area contributed by atoms with Gasteiger partial charge in [0.15, 0.2) is 0 Å². The minimum absolute atomic E-state index is 0.0679. The molecule has 1 heterocycles. The van der Waals surface area contributed by atoms with Gasteiger partial charge < -0.3 is 5.73 Å². The molecule has 0 aromatic carbocycles. The summed E-state index contributed by atoms with van der Waals surface area (Å²) in [7, 11) is 0. The van der Waals surface area contributed by atoms with E-state index in [1.54, 1.807) is 0 Å². The van der Waals surface area contributed by atoms with E-state index in [1.807, 2.05) is 0 Å². The summed E-state index contributed by atoms with van der Waals surface area (Å²) in [5.74, 6) is 0. The number of hydrogen-bond acceptors (Lipinski definition) is 2. The lowest BCUT2D eigenvalue weighted by atomic mass is 9.72. The Morgan fingerprint density at radius 1 is 1.43 bits per heavy atom. The predicted molar refractivity (Wildman–Crippen MR) is 57.1 cm³/mol. The molecule has 0 amide bonds. The highest BCUT2D eigenvalue weighted by atomic mass is 15.3. The fraction of sp³-hybridized carbons (Fsp3) is 0.727. The van der Waals surface area contributed by atoms with Crippen LogP contribution in [0.5, 0.6) is 0 Å². The van der Waals surface area contributed by atoms with E-state index in [9.17, 15) is 0 Å². The zero-order valence-electron chi connectivity index (χ0n) is 9.30. The van der Waals surface area contributed by atoms with Gasteiger partial charge in [0.2, 0.25) is 0 Å². The number of aromatic nitrogens is 2. The van der Waals surface area contributed by atoms with Gasteiger partial charge >= 0.3 is 0 Å². The first-order chi connectivity index (χ1) is 6.58. The van der Waals surface area contributed by atoms with Crippen LogP contribution in [0.3, 0.4) is 0 Å². The quantitative estimate of drug-likeness (QED) is 0.779. The molecule has 3 nitrogen and oxygen atoms in total. The summed E-state index contributed by atoms with van der Waals surface area (Å²) in [5.41, 5.74) is 9.94. The Hall–Kier alpha value is -0.830. The maximum Gasteiger partial charge on any atom is 0.0647 e. The molecule has 3 heteroatoms. The fourth-order valence-electron chi connectivity index (χ4n) is 2.53. The maximum absolute atomic E-state index is 6.34. The third-order valence-electron chi connectivity index (χ3n) is 3.42. The van der Waals surface area contributed by atoms with Gasteiger partial charge in [0.1, 0.15) is 0 Å². The molecule has 2 rings (SSSR count). The molecule has 0 atom stereocenters. The lowest BCUT2D eigenvalue weighted by molar-refractivity contribution is 0.251. The molecule has 0 bridgehead atoms. The van der Waals surface area contributed by atoms with Crippen LogP contribution in [-0.4, -0.2) is 9.78 Å². The average Bonchev–Trinajstić information content (AvgIpc) is 2.38. The van der Waals surface area contributed by atoms with Crippen molar-refractivity contribution in [3.8, 4) is 0 Å². The van der Waals surface area contributed by atoms with Crippen molar-refractivity contribution in [1.29, 1.82) is 0 Å². The maximum atomic E-state index is 6.34. The second-order valence-electron chi connectivity index (χ2n) is 4.37. The van der Waals surface area contributed by atoms with Gasteiger partial charge in [-0.1, -0.05) is 0 Å². The summed E-state index contributed by atoms with van der Waals surface area (Å²) < 4.78 is 2.05. The van der Waals surface area contributed by atoms with Crippen LogP contribution in [0, 0.1) is 13.8 Å². The first-order valence-electron chi connectivity index (χ1n) is 5.42. The molecular weight excluding hydrogens is 174 g/mol. The normalized spacial score (nSPS) is 19.4. The van der Waals surface area contributed by atoms with E-state index in [0.29, 0.717) is 0 Å². The third kappa shape index (κ3) is 1.19. The summed E-state index contributed by atoms with van der Waals surface area (Å²) >= 11 is 0. The standard InChI is InChI=1S/C11H19N3/c1-4-14-9(3)10(8(2)13-14)11(12)6-5-7-11/h4-7,12H2,1-3H3. The van der Waals surface area contributed by atoms with E-state index in [1.165, 1.54) is 17.7 Å². The molecule has 0 aliphatic heterocycles. The van der Waals surface area contributed by atoms with Crippen LogP contribution >= 0.6 is 0 Å². The number of nitrogens with two attached hydrogens (primary N) is 1. The molecule has 0 radical (unpaired) electrons. The van der Waals surface area contributed by atoms with Crippen LogP contribution in [0.25, 0.3) is 0 Å². The van der Waals surface area contributed by atoms with Crippen molar-refractivity contribution in [3.63, 3.8) is 0 Å². The molecule has 2 N–H and O–H groups in total. The second-order valence-corrected chi connectivity index (χ2v) is 4.37. The monoisotopic (exact) mass is 193 g/mol. The highest BCUT2D eigenvalue weighted by molar-refractivity contribution is 5.34. The fourth-order valence-corrected chi connectivity index (χ4v) is 2.53. The predicted octanol–water partition coefficient (Wildman–Crippen LogP) is 1.86. The molecule has 1 aromatic heterocycles. The average molecular weight is 193 g/mol. The van der Waals surface area contributed by atoms with Crippen LogP contribution in [0.1, 0.15) is 43.1 Å². The van der Waals surface area contributed by atoms with Gasteiger partial charge in [-0.15, -0.1) is 0 Å². The lowest BCUT2D eigenvalue weighted by Gasteiger charge is -2.38. The van der Waals surface area contributed by atoms with Crippen LogP contribution in [0.15, 0.2) is 0 Å². The summed E-state index contributed by atoms with van der Waals surface area (Å²) in [4.78, 5) is 0. The molecule has 1 aromatic rings. The van der Waals surface area contributed by atoms with E-state index in [4.69, 9.17) is 5.73 Å². The van der Waals surface area contributed by atoms with Crippen molar-refractivity contribution in [1.82, 2.24) is 9.78 Å². The Morgan fingerprint density at radius 3 is 2.43 bits per heavy atom. The van der Waals surface area contributed by atoms with Crippen molar-refractivity contribution in [3.05, 3.63) is 17.0 Å². The van der Waals surface area contributed by atoms with Crippen molar-refractivity contribution in [2.45, 2.75) is 52.1 Å². The smallest absolute Gasteiger partial charge is 0.0647 e. The molecule has 78 valence electrons. The molecule has 0 spiro atoms. The Kier molecular flexibility index (Phi) is 2.14. The Bertz CT molecular complexity index is 348. The van der Waals surface area contributed by atoms with E-state index >= 15 is 0 Å². The van der Waals surface area contributed by atoms with Crippen LogP contribution in [0.4, 0.5) is 0 Å². The topological polar surface area (TPSA) is 43.8 Å². The van der Waals surface area contributed by atoms with Crippen molar-refractivity contribution in [2.75, 3.05) is 0 Å². The lowest BCUT2D eigenvalue weighted by Crippen LogP contribution is -2.44. The largest absolute Gasteiger partial charge is 0.321 e. The molecule has 1 aliphatic carbocycles. The number of rotatable bonds is 2. The van der Waals surface area contributed by atoms with E-state index < -0.39 is 0 Å². The van der Waals surface area contributed by atoms with Gasteiger partial charge in [-0.3, -0.25) is 4.68 Å². The molecule has 0 saturated heterocycles. The summed E-state index contributed by atoms with van der Waals surface area (Å²) in [5, 5.41) is 4.51. The SMILES string of the molecule is CCn1nc(C)c(C2(N)CCC2)c1C. The molecule has 1 saturated carbocycles. The summed E-state index contributed by atoms with van der Waals surface area (Å²) in [6.45, 7) is 7.25. The highest BCUT2D eigenvalue weighted by Crippen LogP contribution is 2.41. The van der Waals surface area contributed by atoms with E-state index in [-0.39, 0.29) is 5.54 Å². The minimum Gasteiger partial charge on any atom is -0.321 e. The van der Waals surface area contributed by atoms with E-state index in [2.05, 4.69) is 30.6 Å². The van der Waals surface area contributed by atoms with Crippen LogP contribution in [-0.2, 0) is 12.1 Å². The van der Waals surface area contributed by atoms with Crippen molar-refractivity contribution < 1.29 is 0 Å². The zero-order chi connectivity index (χ0) is 10.3. The summed E-state index contributed by atoms with van der Waals surface area (Å²) in [6, 6.07) is 0. The third-order valence-corrected chi connectivity index (χ3v) is 3.42. The Labute approximate surface area is 85.3 Å². The van der Waals surface area contributed by atoms with Gasteiger partial charge in [-0.05, 0) is 40.0 Å². The number of aryl methyl sites for hydroxylation is 2. The highest BCUT2D eigenvalue weighted by Gasteiger charge is 2.38. The minimum atomic E-state index is -0.0679. The van der Waals surface area contributed by atoms with Gasteiger partial charge in [0.25, 0.3) is 0 Å². The number of nitrogens with zero attached hydrogens (tertiary/aromatic N) is 2. The van der Waals surface area contributed by atoms with E-state index in [0.717, 1.165) is 25.1 Å². The molecular formula is C11H19N3. The van der Waals surface area contributed by atoms with Crippen LogP contribution in [0.2, 0.25) is 0 Å². The van der Waals surface area contributed by atoms with Gasteiger partial charge in [-0.25, -0.2) is 0 Å². The second kappa shape index (κ2) is 3.09. The summed E-state index contributed by atoms with van der Waals surface area (Å²) in [6.07, 6.45) is 3.49. The first kappa shape index (κ1) is 9.71. The van der Waals surface area contributed by atoms with Gasteiger partial charge in [0.05, 0.1) is 5.69 Å². The molecule has 1 fully saturated rings. The Balaban J connectivity index is 2.46. The Morgan fingerprint density at radius 2 is 2.07 bits per heavy atom. The van der Waals surface area contributed by atoms with Gasteiger partial charge in [0, 0.05) is 23.3 Å². The van der Waals surface area contributed by atoms with Crippen molar-refractivity contribution in [2.24, 2.45) is 5.73 Å².